The molecular formula is C22H31N5O2S. The van der Waals surface area contributed by atoms with Crippen molar-refractivity contribution < 1.29 is 9.59 Å². The monoisotopic (exact) mass is 429 g/mol. The molecule has 8 heteroatoms. The Labute approximate surface area is 182 Å². The van der Waals surface area contributed by atoms with E-state index >= 15 is 0 Å². The maximum atomic E-state index is 12.7. The van der Waals surface area contributed by atoms with Crippen molar-refractivity contribution in [3.63, 3.8) is 0 Å². The minimum atomic E-state index is -0.181. The van der Waals surface area contributed by atoms with Crippen molar-refractivity contribution in [1.82, 2.24) is 25.4 Å². The average molecular weight is 430 g/mol. The van der Waals surface area contributed by atoms with Crippen molar-refractivity contribution >= 4 is 23.6 Å². The number of aromatic nitrogens is 3. The first-order valence-electron chi connectivity index (χ1n) is 10.7. The largest absolute Gasteiger partial charge is 0.353 e. The van der Waals surface area contributed by atoms with Crippen molar-refractivity contribution in [3.8, 4) is 0 Å². The first kappa shape index (κ1) is 22.3. The van der Waals surface area contributed by atoms with Gasteiger partial charge in [-0.2, -0.15) is 0 Å². The lowest BCUT2D eigenvalue weighted by molar-refractivity contribution is -0.119. The van der Waals surface area contributed by atoms with Crippen molar-refractivity contribution in [2.75, 3.05) is 5.75 Å². The van der Waals surface area contributed by atoms with E-state index in [0.717, 1.165) is 23.6 Å². The van der Waals surface area contributed by atoms with Crippen LogP contribution in [0.15, 0.2) is 29.2 Å². The zero-order valence-electron chi connectivity index (χ0n) is 17.8. The smallest absolute Gasteiger partial charge is 0.252 e. The van der Waals surface area contributed by atoms with E-state index in [1.165, 1.54) is 43.9 Å². The van der Waals surface area contributed by atoms with Crippen molar-refractivity contribution in [2.24, 2.45) is 7.05 Å². The molecule has 0 bridgehead atoms. The van der Waals surface area contributed by atoms with Crippen LogP contribution in [0.2, 0.25) is 0 Å². The van der Waals surface area contributed by atoms with Gasteiger partial charge in [0, 0.05) is 18.0 Å². The van der Waals surface area contributed by atoms with Crippen LogP contribution in [0.4, 0.5) is 0 Å². The van der Waals surface area contributed by atoms with Crippen molar-refractivity contribution in [2.45, 2.75) is 69.4 Å². The number of hydrogen-bond donors (Lipinski definition) is 2. The van der Waals surface area contributed by atoms with Gasteiger partial charge in [-0.1, -0.05) is 44.2 Å². The third-order valence-corrected chi connectivity index (χ3v) is 6.62. The first-order chi connectivity index (χ1) is 14.5. The van der Waals surface area contributed by atoms with E-state index in [-0.39, 0.29) is 17.9 Å². The molecule has 1 aliphatic rings. The first-order valence-corrected chi connectivity index (χ1v) is 11.7. The summed E-state index contributed by atoms with van der Waals surface area (Å²) in [5.41, 5.74) is 0.570. The van der Waals surface area contributed by atoms with Gasteiger partial charge in [0.1, 0.15) is 5.82 Å². The number of nitrogens with zero attached hydrogens (tertiary/aromatic N) is 3. The van der Waals surface area contributed by atoms with E-state index in [1.807, 2.05) is 36.7 Å². The Hall–Kier alpha value is -2.35. The van der Waals surface area contributed by atoms with Gasteiger partial charge in [-0.25, -0.2) is 0 Å². The molecule has 1 aromatic heterocycles. The SMILES string of the molecule is Cc1nnc(CNC(=O)c2ccccc2SCC(=O)NC2CCCCCCC2)n1C. The molecule has 0 radical (unpaired) electrons. The molecule has 3 rings (SSSR count). The molecule has 0 saturated heterocycles. The van der Waals surface area contributed by atoms with Gasteiger partial charge in [0.15, 0.2) is 5.82 Å². The predicted molar refractivity (Wildman–Crippen MR) is 118 cm³/mol. The van der Waals surface area contributed by atoms with E-state index in [2.05, 4.69) is 20.8 Å². The molecule has 2 N–H and O–H groups in total. The highest BCUT2D eigenvalue weighted by Gasteiger charge is 2.17. The van der Waals surface area contributed by atoms with Crippen LogP contribution >= 0.6 is 11.8 Å². The zero-order chi connectivity index (χ0) is 21.3. The summed E-state index contributed by atoms with van der Waals surface area (Å²) in [7, 11) is 1.87. The van der Waals surface area contributed by atoms with Crippen LogP contribution < -0.4 is 10.6 Å². The van der Waals surface area contributed by atoms with Gasteiger partial charge in [0.25, 0.3) is 5.91 Å². The fourth-order valence-electron chi connectivity index (χ4n) is 3.65. The number of aryl methyl sites for hydroxylation is 1. The molecule has 0 spiro atoms. The molecule has 2 aromatic rings. The number of carbonyl (C=O) groups is 2. The number of rotatable bonds is 7. The lowest BCUT2D eigenvalue weighted by atomic mass is 9.97. The number of nitrogens with one attached hydrogen (secondary N) is 2. The van der Waals surface area contributed by atoms with Gasteiger partial charge in [-0.05, 0) is 31.9 Å². The van der Waals surface area contributed by atoms with Gasteiger partial charge in [0.05, 0.1) is 17.9 Å². The fraction of sp³-hybridized carbons (Fsp3) is 0.545. The zero-order valence-corrected chi connectivity index (χ0v) is 18.6. The summed E-state index contributed by atoms with van der Waals surface area (Å²) in [5.74, 6) is 1.66. The standard InChI is InChI=1S/C22H31N5O2S/c1-16-25-26-20(27(16)2)14-23-22(29)18-12-8-9-13-19(18)30-15-21(28)24-17-10-6-4-3-5-7-11-17/h8-9,12-13,17H,3-7,10-11,14-15H2,1-2H3,(H,23,29)(H,24,28). The molecule has 1 saturated carbocycles. The van der Waals surface area contributed by atoms with Gasteiger partial charge in [-0.3, -0.25) is 9.59 Å². The van der Waals surface area contributed by atoms with E-state index in [9.17, 15) is 9.59 Å². The molecule has 1 aromatic carbocycles. The van der Waals surface area contributed by atoms with Crippen molar-refractivity contribution in [1.29, 1.82) is 0 Å². The maximum absolute atomic E-state index is 12.7. The third kappa shape index (κ3) is 6.32. The quantitative estimate of drug-likeness (QED) is 0.659. The minimum absolute atomic E-state index is 0.0374. The van der Waals surface area contributed by atoms with Gasteiger partial charge in [-0.15, -0.1) is 22.0 Å². The van der Waals surface area contributed by atoms with Crippen LogP contribution in [0.25, 0.3) is 0 Å². The maximum Gasteiger partial charge on any atom is 0.252 e. The molecule has 1 aliphatic carbocycles. The molecule has 1 heterocycles. The number of thioether (sulfide) groups is 1. The highest BCUT2D eigenvalue weighted by Crippen LogP contribution is 2.23. The highest BCUT2D eigenvalue weighted by atomic mass is 32.2. The van der Waals surface area contributed by atoms with E-state index in [0.29, 0.717) is 23.7 Å². The number of carbonyl (C=O) groups excluding carboxylic acids is 2. The van der Waals surface area contributed by atoms with Gasteiger partial charge < -0.3 is 15.2 Å². The second-order valence-electron chi connectivity index (χ2n) is 7.80. The second-order valence-corrected chi connectivity index (χ2v) is 8.82. The van der Waals surface area contributed by atoms with Crippen LogP contribution in [0.1, 0.15) is 67.0 Å². The van der Waals surface area contributed by atoms with Crippen LogP contribution in [-0.2, 0) is 18.4 Å². The van der Waals surface area contributed by atoms with Crippen molar-refractivity contribution in [3.05, 3.63) is 41.5 Å². The Morgan fingerprint density at radius 1 is 1.10 bits per heavy atom. The summed E-state index contributed by atoms with van der Waals surface area (Å²) < 4.78 is 1.85. The summed E-state index contributed by atoms with van der Waals surface area (Å²) in [6.07, 6.45) is 8.34. The second kappa shape index (κ2) is 11.2. The molecule has 0 aliphatic heterocycles. The summed E-state index contributed by atoms with van der Waals surface area (Å²) in [6, 6.07) is 7.67. The molecule has 7 nitrogen and oxygen atoms in total. The van der Waals surface area contributed by atoms with Gasteiger partial charge >= 0.3 is 0 Å². The number of benzene rings is 1. The molecular weight excluding hydrogens is 398 g/mol. The Kier molecular flexibility index (Phi) is 8.30. The predicted octanol–water partition coefficient (Wildman–Crippen LogP) is 3.37. The molecule has 0 atom stereocenters. The van der Waals surface area contributed by atoms with E-state index in [4.69, 9.17) is 0 Å². The summed E-state index contributed by atoms with van der Waals surface area (Å²) in [4.78, 5) is 26.0. The molecule has 162 valence electrons. The summed E-state index contributed by atoms with van der Waals surface area (Å²) in [6.45, 7) is 2.17. The number of amides is 2. The minimum Gasteiger partial charge on any atom is -0.353 e. The number of hydrogen-bond acceptors (Lipinski definition) is 5. The topological polar surface area (TPSA) is 88.9 Å². The molecule has 2 amide bonds. The van der Waals surface area contributed by atoms with Gasteiger partial charge in [0.2, 0.25) is 5.91 Å². The van der Waals surface area contributed by atoms with E-state index < -0.39 is 0 Å². The molecule has 30 heavy (non-hydrogen) atoms. The fourth-order valence-corrected chi connectivity index (χ4v) is 4.51. The normalized spacial score (nSPS) is 15.3. The highest BCUT2D eigenvalue weighted by molar-refractivity contribution is 8.00. The lowest BCUT2D eigenvalue weighted by Crippen LogP contribution is -2.36. The lowest BCUT2D eigenvalue weighted by Gasteiger charge is -2.21. The van der Waals surface area contributed by atoms with Crippen LogP contribution in [0.3, 0.4) is 0 Å². The van der Waals surface area contributed by atoms with Crippen LogP contribution in [-0.4, -0.2) is 38.4 Å². The summed E-state index contributed by atoms with van der Waals surface area (Å²) >= 11 is 1.40. The average Bonchev–Trinajstić information content (AvgIpc) is 3.04. The Morgan fingerprint density at radius 2 is 1.80 bits per heavy atom. The Morgan fingerprint density at radius 3 is 2.50 bits per heavy atom. The Balaban J connectivity index is 1.53. The van der Waals surface area contributed by atoms with E-state index in [1.54, 1.807) is 6.07 Å². The van der Waals surface area contributed by atoms with Crippen LogP contribution in [0.5, 0.6) is 0 Å². The van der Waals surface area contributed by atoms with Crippen LogP contribution in [0, 0.1) is 6.92 Å². The Bertz CT molecular complexity index is 859. The molecule has 0 unspecified atom stereocenters. The summed E-state index contributed by atoms with van der Waals surface area (Å²) in [5, 5.41) is 14.2. The molecule has 1 fully saturated rings. The third-order valence-electron chi connectivity index (χ3n) is 5.55.